The van der Waals surface area contributed by atoms with Crippen LogP contribution in [0.5, 0.6) is 0 Å². The molecule has 1 aliphatic rings. The summed E-state index contributed by atoms with van der Waals surface area (Å²) in [4.78, 5) is 6.92. The molecule has 0 spiro atoms. The Balaban J connectivity index is 0.00000306. The molecule has 0 radical (unpaired) electrons. The third kappa shape index (κ3) is 6.38. The first-order valence-corrected chi connectivity index (χ1v) is 11.4. The van der Waals surface area contributed by atoms with E-state index in [1.165, 1.54) is 29.7 Å². The lowest BCUT2D eigenvalue weighted by Gasteiger charge is -2.26. The highest BCUT2D eigenvalue weighted by molar-refractivity contribution is 14.0. The molecule has 2 N–H and O–H groups in total. The van der Waals surface area contributed by atoms with Crippen LogP contribution < -0.4 is 10.6 Å². The molecule has 1 unspecified atom stereocenters. The average molecular weight is 563 g/mol. The van der Waals surface area contributed by atoms with Crippen molar-refractivity contribution in [3.63, 3.8) is 0 Å². The van der Waals surface area contributed by atoms with Crippen LogP contribution in [-0.2, 0) is 13.1 Å². The van der Waals surface area contributed by atoms with Crippen molar-refractivity contribution >= 4 is 29.9 Å². The summed E-state index contributed by atoms with van der Waals surface area (Å²) in [6.07, 6.45) is 4.25. The van der Waals surface area contributed by atoms with E-state index in [0.29, 0.717) is 6.54 Å². The molecule has 3 aromatic rings. The van der Waals surface area contributed by atoms with Crippen molar-refractivity contribution in [3.05, 3.63) is 77.0 Å². The Bertz CT molecular complexity index is 1010. The Morgan fingerprint density at radius 2 is 1.85 bits per heavy atom. The van der Waals surface area contributed by atoms with Gasteiger partial charge in [0.1, 0.15) is 5.76 Å². The van der Waals surface area contributed by atoms with Crippen LogP contribution in [0.3, 0.4) is 0 Å². The quantitative estimate of drug-likeness (QED) is 0.244. The molecule has 8 heteroatoms. The van der Waals surface area contributed by atoms with Crippen molar-refractivity contribution in [1.29, 1.82) is 0 Å². The highest BCUT2D eigenvalue weighted by atomic mass is 127. The molecule has 0 bridgehead atoms. The van der Waals surface area contributed by atoms with Crippen molar-refractivity contribution in [1.82, 2.24) is 25.3 Å². The van der Waals surface area contributed by atoms with E-state index in [4.69, 9.17) is 9.52 Å². The maximum absolute atomic E-state index is 5.73. The van der Waals surface area contributed by atoms with E-state index < -0.39 is 0 Å². The fourth-order valence-electron chi connectivity index (χ4n) is 4.43. The molecule has 7 nitrogen and oxygen atoms in total. The third-order valence-electron chi connectivity index (χ3n) is 6.28. The highest BCUT2D eigenvalue weighted by Gasteiger charge is 2.25. The van der Waals surface area contributed by atoms with E-state index in [1.54, 1.807) is 6.26 Å². The zero-order valence-corrected chi connectivity index (χ0v) is 22.1. The normalized spacial score (nSPS) is 15.3. The maximum Gasteiger partial charge on any atom is 0.191 e. The molecule has 2 aromatic heterocycles. The number of aromatic nitrogens is 2. The number of halogens is 1. The summed E-state index contributed by atoms with van der Waals surface area (Å²) in [5.41, 5.74) is 4.69. The van der Waals surface area contributed by atoms with Crippen molar-refractivity contribution in [2.75, 3.05) is 26.7 Å². The molecule has 0 amide bonds. The van der Waals surface area contributed by atoms with E-state index in [2.05, 4.69) is 69.4 Å². The predicted octanol–water partition coefficient (Wildman–Crippen LogP) is 4.26. The highest BCUT2D eigenvalue weighted by Crippen LogP contribution is 2.24. The molecule has 1 atom stereocenters. The van der Waals surface area contributed by atoms with Crippen LogP contribution in [0.1, 0.15) is 47.2 Å². The Morgan fingerprint density at radius 3 is 2.52 bits per heavy atom. The first-order valence-electron chi connectivity index (χ1n) is 11.4. The van der Waals surface area contributed by atoms with Gasteiger partial charge in [0.2, 0.25) is 0 Å². The van der Waals surface area contributed by atoms with Gasteiger partial charge in [0, 0.05) is 31.4 Å². The maximum atomic E-state index is 5.73. The minimum atomic E-state index is 0. The topological polar surface area (TPSA) is 70.6 Å². The Labute approximate surface area is 213 Å². The second-order valence-electron chi connectivity index (χ2n) is 8.37. The van der Waals surface area contributed by atoms with E-state index in [1.807, 2.05) is 19.2 Å². The first-order chi connectivity index (χ1) is 15.7. The van der Waals surface area contributed by atoms with Crippen LogP contribution >= 0.6 is 24.0 Å². The lowest BCUT2D eigenvalue weighted by molar-refractivity contribution is 0.215. The number of nitrogens with zero attached hydrogens (tertiary/aromatic N) is 4. The molecule has 0 aliphatic carbocycles. The molecule has 178 valence electrons. The zero-order chi connectivity index (χ0) is 22.3. The lowest BCUT2D eigenvalue weighted by atomic mass is 10.2. The minimum Gasteiger partial charge on any atom is -0.468 e. The fraction of sp³-hybridized carbons (Fsp3) is 0.440. The SMILES string of the molecule is CN=C(NCc1c(C)nn(Cc2ccccc2)c1C)NCC(c1ccco1)N1CCCC1.I. The van der Waals surface area contributed by atoms with Crippen molar-refractivity contribution in [2.45, 2.75) is 45.8 Å². The number of furan rings is 1. The first kappa shape index (κ1) is 25.3. The number of guanidine groups is 1. The van der Waals surface area contributed by atoms with Gasteiger partial charge < -0.3 is 15.1 Å². The molecular weight excluding hydrogens is 527 g/mol. The van der Waals surface area contributed by atoms with Crippen LogP contribution in [0.15, 0.2) is 58.1 Å². The molecule has 1 aromatic carbocycles. The fourth-order valence-corrected chi connectivity index (χ4v) is 4.43. The Kier molecular flexibility index (Phi) is 9.37. The van der Waals surface area contributed by atoms with Gasteiger partial charge in [-0.2, -0.15) is 5.10 Å². The third-order valence-corrected chi connectivity index (χ3v) is 6.28. The van der Waals surface area contributed by atoms with Gasteiger partial charge in [0.15, 0.2) is 5.96 Å². The van der Waals surface area contributed by atoms with Crippen LogP contribution in [-0.4, -0.2) is 47.3 Å². The summed E-state index contributed by atoms with van der Waals surface area (Å²) in [6.45, 7) is 8.63. The number of nitrogens with one attached hydrogen (secondary N) is 2. The number of aryl methyl sites for hydroxylation is 1. The van der Waals surface area contributed by atoms with E-state index >= 15 is 0 Å². The zero-order valence-electron chi connectivity index (χ0n) is 19.8. The summed E-state index contributed by atoms with van der Waals surface area (Å²) in [5.74, 6) is 1.79. The number of likely N-dealkylation sites (tertiary alicyclic amines) is 1. The van der Waals surface area contributed by atoms with Gasteiger partial charge in [-0.1, -0.05) is 30.3 Å². The van der Waals surface area contributed by atoms with Gasteiger partial charge in [-0.25, -0.2) is 0 Å². The molecule has 1 fully saturated rings. The van der Waals surface area contributed by atoms with E-state index in [-0.39, 0.29) is 30.0 Å². The summed E-state index contributed by atoms with van der Waals surface area (Å²) >= 11 is 0. The van der Waals surface area contributed by atoms with Crippen LogP contribution in [0.2, 0.25) is 0 Å². The van der Waals surface area contributed by atoms with Crippen LogP contribution in [0, 0.1) is 13.8 Å². The van der Waals surface area contributed by atoms with Crippen LogP contribution in [0.25, 0.3) is 0 Å². The summed E-state index contributed by atoms with van der Waals surface area (Å²) < 4.78 is 7.81. The lowest BCUT2D eigenvalue weighted by Crippen LogP contribution is -2.42. The molecular formula is C25H35IN6O. The van der Waals surface area contributed by atoms with Gasteiger partial charge in [0.25, 0.3) is 0 Å². The monoisotopic (exact) mass is 562 g/mol. The van der Waals surface area contributed by atoms with E-state index in [0.717, 1.165) is 43.6 Å². The molecule has 4 rings (SSSR count). The minimum absolute atomic E-state index is 0. The van der Waals surface area contributed by atoms with Crippen molar-refractivity contribution < 1.29 is 4.42 Å². The summed E-state index contributed by atoms with van der Waals surface area (Å²) in [5, 5.41) is 11.7. The van der Waals surface area contributed by atoms with Gasteiger partial charge in [-0.3, -0.25) is 14.6 Å². The number of aliphatic imine (C=N–C) groups is 1. The Hall–Kier alpha value is -2.33. The summed E-state index contributed by atoms with van der Waals surface area (Å²) in [6, 6.07) is 14.7. The molecule has 1 aliphatic heterocycles. The molecule has 0 saturated carbocycles. The molecule has 33 heavy (non-hydrogen) atoms. The predicted molar refractivity (Wildman–Crippen MR) is 143 cm³/mol. The van der Waals surface area contributed by atoms with Gasteiger partial charge in [-0.15, -0.1) is 24.0 Å². The number of benzene rings is 1. The summed E-state index contributed by atoms with van der Waals surface area (Å²) in [7, 11) is 1.81. The van der Waals surface area contributed by atoms with E-state index in [9.17, 15) is 0 Å². The van der Waals surface area contributed by atoms with Gasteiger partial charge in [0.05, 0.1) is 24.5 Å². The van der Waals surface area contributed by atoms with Crippen molar-refractivity contribution in [3.8, 4) is 0 Å². The second kappa shape index (κ2) is 12.2. The van der Waals surface area contributed by atoms with Gasteiger partial charge in [-0.05, 0) is 57.5 Å². The number of hydrogen-bond acceptors (Lipinski definition) is 4. The molecule has 3 heterocycles. The standard InChI is InChI=1S/C25H34N6O.HI/c1-19-22(20(2)31(29-19)18-21-10-5-4-6-11-21)16-27-25(26-3)28-17-23(24-12-9-15-32-24)30-13-7-8-14-30;/h4-6,9-12,15,23H,7-8,13-14,16-18H2,1-3H3,(H2,26,27,28);1H. The second-order valence-corrected chi connectivity index (χ2v) is 8.37. The number of hydrogen-bond donors (Lipinski definition) is 2. The number of rotatable bonds is 8. The van der Waals surface area contributed by atoms with Crippen LogP contribution in [0.4, 0.5) is 0 Å². The largest absolute Gasteiger partial charge is 0.468 e. The van der Waals surface area contributed by atoms with Crippen molar-refractivity contribution in [2.24, 2.45) is 4.99 Å². The smallest absolute Gasteiger partial charge is 0.191 e. The average Bonchev–Trinajstić information content (AvgIpc) is 3.57. The van der Waals surface area contributed by atoms with Gasteiger partial charge >= 0.3 is 0 Å². The Morgan fingerprint density at radius 1 is 1.09 bits per heavy atom. The molecule has 1 saturated heterocycles.